The van der Waals surface area contributed by atoms with Gasteiger partial charge in [0.05, 0.1) is 0 Å². The Morgan fingerprint density at radius 3 is 0.439 bits per heavy atom. The molecule has 0 nitrogen and oxygen atoms in total. The lowest BCUT2D eigenvalue weighted by Gasteiger charge is -2.83. The average Bonchev–Trinajstić information content (AvgIpc) is 2.95. The largest absolute Gasteiger partial charge is 0.0739 e. The van der Waals surface area contributed by atoms with Gasteiger partial charge in [0.15, 0.2) is 0 Å². The van der Waals surface area contributed by atoms with Crippen LogP contribution in [0.15, 0.2) is 0 Å². The van der Waals surface area contributed by atoms with Crippen molar-refractivity contribution in [3.8, 4) is 0 Å². The Morgan fingerprint density at radius 1 is 0.197 bits per heavy atom. The molecule has 0 saturated carbocycles. The van der Waals surface area contributed by atoms with Gasteiger partial charge in [-0.3, -0.25) is 0 Å². The van der Waals surface area contributed by atoms with Crippen molar-refractivity contribution in [2.24, 2.45) is 0 Å². The molecule has 0 atom stereocenters. The monoisotopic (exact) mass is 1300 g/mol. The fraction of sp³-hybridized carbons (Fsp3) is 1.00. The molecule has 24 heteroatoms. The molecule has 2 saturated heterocycles. The first kappa shape index (κ1) is 67.3. The standard InChI is InChI=1S/C42H126Si24/c1-45(2,3)63(55(27,28)59(35,36)65(47(7,8)9,48(10,11)12)60(37,38)56(63,29)30)43-51(19,20)53(23,24)54(25,26)52(21,22)44-64(46(4,5)6)57(31,32)61(39,40)66(49(13,14)15,50(16,17)18)62(41,42)58(64,33)34/h1-42H3. The van der Waals surface area contributed by atoms with Gasteiger partial charge in [-0.15, -0.1) is 0 Å². The minimum atomic E-state index is -1.63. The van der Waals surface area contributed by atoms with Crippen LogP contribution in [0.25, 0.3) is 0 Å². The van der Waals surface area contributed by atoms with Crippen molar-refractivity contribution in [2.75, 3.05) is 0 Å². The first-order valence-electron chi connectivity index (χ1n) is 27.2. The van der Waals surface area contributed by atoms with Crippen LogP contribution in [0.1, 0.15) is 0 Å². The molecule has 0 N–H and O–H groups in total. The van der Waals surface area contributed by atoms with E-state index in [1.54, 1.807) is 0 Å². The zero-order valence-electron chi connectivity index (χ0n) is 54.0. The molecule has 0 aromatic heterocycles. The van der Waals surface area contributed by atoms with Gasteiger partial charge in [0.25, 0.3) is 0 Å². The van der Waals surface area contributed by atoms with Crippen molar-refractivity contribution in [3.05, 3.63) is 0 Å². The topological polar surface area (TPSA) is 0 Å². The SMILES string of the molecule is C[Si](C)(C)[Si]1([Si][Si](C)(C)[Si](C)(C)[Si](C)(C)[Si](C)(C)[Si][Si]2([Si](C)(C)C)[Si](C)(C)[Si](C)(C)[Si]([Si](C)(C)C)([Si](C)(C)C)[Si](C)(C)[Si]2(C)C)[Si](C)(C)[Si](C)(C)[Si]([Si](C)(C)C)([Si](C)(C)C)[Si](C)(C)[Si]1(C)C. The van der Waals surface area contributed by atoms with Gasteiger partial charge in [0.1, 0.15) is 0 Å². The summed E-state index contributed by atoms with van der Waals surface area (Å²) >= 11 is 0. The zero-order valence-corrected chi connectivity index (χ0v) is 78.0. The summed E-state index contributed by atoms with van der Waals surface area (Å²) in [4.78, 5) is 0. The van der Waals surface area contributed by atoms with E-state index in [-0.39, 0.29) is 0 Å². The van der Waals surface area contributed by atoms with Crippen molar-refractivity contribution in [1.82, 2.24) is 0 Å². The van der Waals surface area contributed by atoms with Gasteiger partial charge in [-0.1, -0.05) is 275 Å². The molecule has 0 spiro atoms. The summed E-state index contributed by atoms with van der Waals surface area (Å²) in [6.45, 7) is 133. The van der Waals surface area contributed by atoms with E-state index in [9.17, 15) is 0 Å². The minimum Gasteiger partial charge on any atom is -0.0739 e. The fourth-order valence-electron chi connectivity index (χ4n) is 24.2. The van der Waals surface area contributed by atoms with Crippen molar-refractivity contribution in [2.45, 2.75) is 275 Å². The second-order valence-electron chi connectivity index (χ2n) is 36.2. The molecule has 2 aliphatic heterocycles. The summed E-state index contributed by atoms with van der Waals surface area (Å²) < 4.78 is 0. The van der Waals surface area contributed by atoms with Gasteiger partial charge in [-0.05, 0) is 0 Å². The van der Waals surface area contributed by atoms with Gasteiger partial charge >= 0.3 is 0 Å². The Balaban J connectivity index is 3.27. The van der Waals surface area contributed by atoms with Crippen LogP contribution in [0.3, 0.4) is 0 Å². The smallest absolute Gasteiger partial charge is 0.0308 e. The van der Waals surface area contributed by atoms with E-state index in [1.807, 2.05) is 0 Å². The van der Waals surface area contributed by atoms with E-state index < -0.39 is 155 Å². The third-order valence-corrected chi connectivity index (χ3v) is 713. The van der Waals surface area contributed by atoms with E-state index >= 15 is 0 Å². The van der Waals surface area contributed by atoms with Crippen LogP contribution in [-0.4, -0.2) is 173 Å². The summed E-state index contributed by atoms with van der Waals surface area (Å²) in [5, 5.41) is 0. The highest BCUT2D eigenvalue weighted by molar-refractivity contribution is 8.38. The Morgan fingerprint density at radius 2 is 0.333 bits per heavy atom. The van der Waals surface area contributed by atoms with E-state index in [0.717, 1.165) is 0 Å². The first-order valence-corrected chi connectivity index (χ1v) is 119. The second kappa shape index (κ2) is 17.4. The molecule has 66 heavy (non-hydrogen) atoms. The molecule has 4 radical (unpaired) electrons. The number of hydrogen-bond donors (Lipinski definition) is 0. The quantitative estimate of drug-likeness (QED) is 0.161. The first-order chi connectivity index (χ1) is 27.7. The Labute approximate surface area is 442 Å². The summed E-state index contributed by atoms with van der Waals surface area (Å²) in [6.07, 6.45) is -6.23. The highest BCUT2D eigenvalue weighted by atomic mass is 30.5. The van der Waals surface area contributed by atoms with Gasteiger partial charge in [0, 0.05) is 173 Å². The average molecular weight is 1310 g/mol. The van der Waals surface area contributed by atoms with Crippen LogP contribution < -0.4 is 0 Å². The zero-order chi connectivity index (χ0) is 54.4. The molecule has 0 aliphatic carbocycles. The van der Waals surface area contributed by atoms with E-state index in [1.165, 1.54) is 17.1 Å². The van der Waals surface area contributed by atoms with E-state index in [0.29, 0.717) is 0 Å². The molecule has 0 aromatic carbocycles. The van der Waals surface area contributed by atoms with Gasteiger partial charge < -0.3 is 0 Å². The summed E-state index contributed by atoms with van der Waals surface area (Å²) in [6, 6.07) is 0. The molecular formula is C42H126Si24. The Bertz CT molecular complexity index is 1620. The molecule has 2 heterocycles. The maximum atomic E-state index is 3.28. The lowest BCUT2D eigenvalue weighted by atomic mass is 11.8. The van der Waals surface area contributed by atoms with Gasteiger partial charge in [-0.2, -0.15) is 0 Å². The van der Waals surface area contributed by atoms with Crippen molar-refractivity contribution in [1.29, 1.82) is 0 Å². The molecular weight excluding hydrogens is 1180 g/mol. The third kappa shape index (κ3) is 7.57. The fourth-order valence-corrected chi connectivity index (χ4v) is 1400. The molecule has 0 amide bonds. The van der Waals surface area contributed by atoms with Gasteiger partial charge in [0.2, 0.25) is 0 Å². The summed E-state index contributed by atoms with van der Waals surface area (Å²) in [5.41, 5.74) is 0. The van der Waals surface area contributed by atoms with Crippen LogP contribution in [0.5, 0.6) is 0 Å². The lowest BCUT2D eigenvalue weighted by Crippen LogP contribution is -3.14. The second-order valence-corrected chi connectivity index (χ2v) is 322. The van der Waals surface area contributed by atoms with Gasteiger partial charge in [-0.25, -0.2) is 0 Å². The molecule has 390 valence electrons. The molecule has 0 bridgehead atoms. The van der Waals surface area contributed by atoms with Crippen LogP contribution in [-0.2, 0) is 0 Å². The molecule has 0 aromatic rings. The van der Waals surface area contributed by atoms with Crippen molar-refractivity contribution < 1.29 is 0 Å². The Hall–Kier alpha value is 5.21. The van der Waals surface area contributed by atoms with Crippen molar-refractivity contribution >= 4 is 173 Å². The highest BCUT2D eigenvalue weighted by Crippen LogP contribution is 2.62. The molecule has 2 rings (SSSR count). The normalized spacial score (nSPS) is 27.0. The van der Waals surface area contributed by atoms with E-state index in [2.05, 4.69) is 275 Å². The predicted molar refractivity (Wildman–Crippen MR) is 384 cm³/mol. The third-order valence-electron chi connectivity index (χ3n) is 26.2. The summed E-state index contributed by atoms with van der Waals surface area (Å²) in [7, 11) is -24.5. The molecule has 0 unspecified atom stereocenters. The minimum absolute atomic E-state index is 1.39. The molecule has 2 aliphatic rings. The van der Waals surface area contributed by atoms with Crippen molar-refractivity contribution in [3.63, 3.8) is 0 Å². The Kier molecular flexibility index (Phi) is 17.7. The van der Waals surface area contributed by atoms with E-state index in [4.69, 9.17) is 0 Å². The highest BCUT2D eigenvalue weighted by Gasteiger charge is 2.89. The molecule has 2 fully saturated rings. The predicted octanol–water partition coefficient (Wildman–Crippen LogP) is 15.4. The maximum absolute atomic E-state index is 3.28. The summed E-state index contributed by atoms with van der Waals surface area (Å²) in [5.74, 6) is 0. The van der Waals surface area contributed by atoms with Crippen LogP contribution in [0, 0.1) is 0 Å². The number of rotatable bonds is 13. The lowest BCUT2D eigenvalue weighted by molar-refractivity contribution is 1.73. The number of hydrogen-bond acceptors (Lipinski definition) is 0. The van der Waals surface area contributed by atoms with Crippen LogP contribution >= 0.6 is 0 Å². The van der Waals surface area contributed by atoms with Crippen LogP contribution in [0.2, 0.25) is 275 Å². The maximum Gasteiger partial charge on any atom is 0.0308 e. The van der Waals surface area contributed by atoms with Crippen LogP contribution in [0.4, 0.5) is 0 Å².